The van der Waals surface area contributed by atoms with Crippen molar-refractivity contribution in [2.75, 3.05) is 65.3 Å². The van der Waals surface area contributed by atoms with Gasteiger partial charge in [0, 0.05) is 78.2 Å². The number of carbonyl (C=O) groups excluding carboxylic acids is 1. The second-order valence-corrected chi connectivity index (χ2v) is 8.05. The summed E-state index contributed by atoms with van der Waals surface area (Å²) in [6.45, 7) is 6.18. The molecule has 180 valence electrons. The van der Waals surface area contributed by atoms with E-state index in [4.69, 9.17) is 0 Å². The summed E-state index contributed by atoms with van der Waals surface area (Å²) >= 11 is 0. The molecule has 33 heavy (non-hydrogen) atoms. The van der Waals surface area contributed by atoms with Crippen molar-refractivity contribution in [1.82, 2.24) is 20.4 Å². The number of hydrogen-bond donors (Lipinski definition) is 2. The third-order valence-electron chi connectivity index (χ3n) is 5.58. The first-order valence-corrected chi connectivity index (χ1v) is 10.9. The molecule has 0 saturated carbocycles. The van der Waals surface area contributed by atoms with Crippen LogP contribution in [0.5, 0.6) is 0 Å². The van der Waals surface area contributed by atoms with Gasteiger partial charge in [0.05, 0.1) is 0 Å². The zero-order valence-electron chi connectivity index (χ0n) is 19.6. The van der Waals surface area contributed by atoms with E-state index in [1.54, 1.807) is 26.0 Å². The van der Waals surface area contributed by atoms with Gasteiger partial charge in [-0.1, -0.05) is 12.1 Å². The first-order valence-electron chi connectivity index (χ1n) is 10.9. The summed E-state index contributed by atoms with van der Waals surface area (Å²) in [5.41, 5.74) is 2.84. The Morgan fingerprint density at radius 3 is 2.21 bits per heavy atom. The molecule has 0 spiro atoms. The highest BCUT2D eigenvalue weighted by atomic mass is 127. The Labute approximate surface area is 213 Å². The maximum Gasteiger partial charge on any atom is 0.253 e. The van der Waals surface area contributed by atoms with E-state index in [0.29, 0.717) is 12.1 Å². The fourth-order valence-corrected chi connectivity index (χ4v) is 3.64. The Hall–Kier alpha value is -2.40. The monoisotopic (exact) mass is 568 g/mol. The van der Waals surface area contributed by atoms with Crippen molar-refractivity contribution in [2.45, 2.75) is 6.54 Å². The predicted octanol–water partition coefficient (Wildman–Crippen LogP) is 2.63. The fraction of sp³-hybridized carbons (Fsp3) is 0.417. The summed E-state index contributed by atoms with van der Waals surface area (Å²) in [5.74, 6) is 0.556. The Balaban J connectivity index is 0.00000385. The van der Waals surface area contributed by atoms with Crippen LogP contribution in [0.2, 0.25) is 0 Å². The van der Waals surface area contributed by atoms with Gasteiger partial charge in [-0.25, -0.2) is 4.39 Å². The number of hydrogen-bond acceptors (Lipinski definition) is 4. The van der Waals surface area contributed by atoms with E-state index in [1.165, 1.54) is 12.1 Å². The smallest absolute Gasteiger partial charge is 0.253 e. The van der Waals surface area contributed by atoms with Crippen molar-refractivity contribution >= 4 is 41.5 Å². The summed E-state index contributed by atoms with van der Waals surface area (Å²) in [7, 11) is 5.26. The average molecular weight is 568 g/mol. The minimum atomic E-state index is -0.197. The molecule has 0 aromatic heterocycles. The minimum Gasteiger partial charge on any atom is -0.369 e. The van der Waals surface area contributed by atoms with Crippen LogP contribution in [0.1, 0.15) is 15.9 Å². The molecule has 3 rings (SSSR count). The molecule has 2 aromatic rings. The van der Waals surface area contributed by atoms with E-state index in [9.17, 15) is 9.18 Å². The SMILES string of the molecule is CN=C(NCCN1CCN(c2ccc(F)cc2)CC1)NCc1ccc(C(=O)N(C)C)cc1.I. The summed E-state index contributed by atoms with van der Waals surface area (Å²) in [6, 6.07) is 14.3. The van der Waals surface area contributed by atoms with Crippen LogP contribution in [-0.4, -0.2) is 82.1 Å². The van der Waals surface area contributed by atoms with Crippen molar-refractivity contribution in [2.24, 2.45) is 4.99 Å². The number of anilines is 1. The van der Waals surface area contributed by atoms with Crippen LogP contribution in [0.3, 0.4) is 0 Å². The Bertz CT molecular complexity index is 896. The Kier molecular flexibility index (Phi) is 10.9. The lowest BCUT2D eigenvalue weighted by atomic mass is 10.1. The maximum atomic E-state index is 13.1. The minimum absolute atomic E-state index is 0. The van der Waals surface area contributed by atoms with E-state index in [0.717, 1.165) is 56.5 Å². The van der Waals surface area contributed by atoms with Crippen LogP contribution >= 0.6 is 24.0 Å². The van der Waals surface area contributed by atoms with Gasteiger partial charge < -0.3 is 20.4 Å². The van der Waals surface area contributed by atoms with Gasteiger partial charge in [0.1, 0.15) is 5.82 Å². The molecular formula is C24H34FIN6O. The molecule has 2 aromatic carbocycles. The zero-order chi connectivity index (χ0) is 22.9. The standard InChI is InChI=1S/C24H33FN6O.HI/c1-26-24(28-18-19-4-6-20(7-5-19)23(32)29(2)3)27-12-13-30-14-16-31(17-15-30)22-10-8-21(25)9-11-22;/h4-11H,12-18H2,1-3H3,(H2,26,27,28);1H. The van der Waals surface area contributed by atoms with Gasteiger partial charge in [0.2, 0.25) is 0 Å². The summed E-state index contributed by atoms with van der Waals surface area (Å²) in [4.78, 5) is 22.6. The number of nitrogens with one attached hydrogen (secondary N) is 2. The number of aliphatic imine (C=N–C) groups is 1. The van der Waals surface area contributed by atoms with E-state index in [-0.39, 0.29) is 35.7 Å². The van der Waals surface area contributed by atoms with Gasteiger partial charge in [0.15, 0.2) is 5.96 Å². The highest BCUT2D eigenvalue weighted by molar-refractivity contribution is 14.0. The Morgan fingerprint density at radius 1 is 1.00 bits per heavy atom. The van der Waals surface area contributed by atoms with Crippen LogP contribution in [0.25, 0.3) is 0 Å². The average Bonchev–Trinajstić information content (AvgIpc) is 2.82. The number of halogens is 2. The molecule has 1 amide bonds. The van der Waals surface area contributed by atoms with Crippen molar-refractivity contribution in [3.05, 3.63) is 65.5 Å². The van der Waals surface area contributed by atoms with Gasteiger partial charge >= 0.3 is 0 Å². The van der Waals surface area contributed by atoms with Gasteiger partial charge in [0.25, 0.3) is 5.91 Å². The van der Waals surface area contributed by atoms with E-state index in [2.05, 4.69) is 25.4 Å². The van der Waals surface area contributed by atoms with Crippen LogP contribution in [0, 0.1) is 5.82 Å². The second kappa shape index (κ2) is 13.3. The molecule has 1 heterocycles. The van der Waals surface area contributed by atoms with Crippen molar-refractivity contribution in [1.29, 1.82) is 0 Å². The molecule has 2 N–H and O–H groups in total. The number of amides is 1. The molecular weight excluding hydrogens is 534 g/mol. The molecule has 9 heteroatoms. The molecule has 0 aliphatic carbocycles. The van der Waals surface area contributed by atoms with E-state index < -0.39 is 0 Å². The normalized spacial score (nSPS) is 14.4. The van der Waals surface area contributed by atoms with Crippen LogP contribution in [0.15, 0.2) is 53.5 Å². The number of piperazine rings is 1. The van der Waals surface area contributed by atoms with Gasteiger partial charge in [-0.2, -0.15) is 0 Å². The number of benzene rings is 2. The second-order valence-electron chi connectivity index (χ2n) is 8.05. The lowest BCUT2D eigenvalue weighted by Crippen LogP contribution is -2.49. The maximum absolute atomic E-state index is 13.1. The number of rotatable bonds is 7. The van der Waals surface area contributed by atoms with Crippen LogP contribution < -0.4 is 15.5 Å². The molecule has 0 unspecified atom stereocenters. The van der Waals surface area contributed by atoms with Crippen molar-refractivity contribution in [3.63, 3.8) is 0 Å². The molecule has 0 radical (unpaired) electrons. The van der Waals surface area contributed by atoms with Crippen molar-refractivity contribution < 1.29 is 9.18 Å². The fourth-order valence-electron chi connectivity index (χ4n) is 3.64. The molecule has 1 saturated heterocycles. The van der Waals surface area contributed by atoms with Gasteiger partial charge in [-0.05, 0) is 42.0 Å². The third-order valence-corrected chi connectivity index (χ3v) is 5.58. The van der Waals surface area contributed by atoms with Gasteiger partial charge in [-0.3, -0.25) is 14.7 Å². The predicted molar refractivity (Wildman–Crippen MR) is 143 cm³/mol. The zero-order valence-corrected chi connectivity index (χ0v) is 21.9. The topological polar surface area (TPSA) is 63.2 Å². The number of guanidine groups is 1. The molecule has 1 fully saturated rings. The highest BCUT2D eigenvalue weighted by Gasteiger charge is 2.17. The van der Waals surface area contributed by atoms with E-state index in [1.807, 2.05) is 36.4 Å². The van der Waals surface area contributed by atoms with Crippen molar-refractivity contribution in [3.8, 4) is 0 Å². The molecule has 1 aliphatic rings. The first-order chi connectivity index (χ1) is 15.5. The van der Waals surface area contributed by atoms with Gasteiger partial charge in [-0.15, -0.1) is 24.0 Å². The largest absolute Gasteiger partial charge is 0.369 e. The molecule has 0 atom stereocenters. The Morgan fingerprint density at radius 2 is 1.64 bits per heavy atom. The highest BCUT2D eigenvalue weighted by Crippen LogP contribution is 2.16. The summed E-state index contributed by atoms with van der Waals surface area (Å²) in [6.07, 6.45) is 0. The third kappa shape index (κ3) is 8.15. The quantitative estimate of drug-likeness (QED) is 0.306. The first kappa shape index (κ1) is 26.8. The van der Waals surface area contributed by atoms with Crippen LogP contribution in [-0.2, 0) is 6.54 Å². The lowest BCUT2D eigenvalue weighted by Gasteiger charge is -2.36. The number of carbonyl (C=O) groups is 1. The summed E-state index contributed by atoms with van der Waals surface area (Å²) < 4.78 is 13.1. The molecule has 0 bridgehead atoms. The molecule has 1 aliphatic heterocycles. The van der Waals surface area contributed by atoms with Crippen LogP contribution in [0.4, 0.5) is 10.1 Å². The molecule has 7 nitrogen and oxygen atoms in total. The number of nitrogens with zero attached hydrogens (tertiary/aromatic N) is 4. The summed E-state index contributed by atoms with van der Waals surface area (Å²) in [5, 5.41) is 6.68. The van der Waals surface area contributed by atoms with E-state index >= 15 is 0 Å². The lowest BCUT2D eigenvalue weighted by molar-refractivity contribution is 0.0827.